The number of benzene rings is 1. The van der Waals surface area contributed by atoms with E-state index in [1.165, 1.54) is 5.69 Å². The van der Waals surface area contributed by atoms with Gasteiger partial charge in [-0.3, -0.25) is 4.98 Å². The van der Waals surface area contributed by atoms with Crippen LogP contribution in [0.15, 0.2) is 36.7 Å². The van der Waals surface area contributed by atoms with Crippen LogP contribution in [0.1, 0.15) is 0 Å². The lowest BCUT2D eigenvalue weighted by atomic mass is 10.1. The lowest BCUT2D eigenvalue weighted by Gasteiger charge is -2.28. The van der Waals surface area contributed by atoms with Crippen molar-refractivity contribution in [2.75, 3.05) is 37.8 Å². The molecule has 0 atom stereocenters. The van der Waals surface area contributed by atoms with Crippen LogP contribution in [0.3, 0.4) is 0 Å². The number of aromatic nitrogens is 3. The average Bonchev–Trinajstić information content (AvgIpc) is 3.12. The van der Waals surface area contributed by atoms with Crippen LogP contribution in [-0.2, 0) is 16.2 Å². The number of nitrogens with one attached hydrogen (secondary N) is 1. The maximum atomic E-state index is 6.57. The molecule has 8 heteroatoms. The molecule has 160 valence electrons. The highest BCUT2D eigenvalue weighted by Gasteiger charge is 2.19. The minimum atomic E-state index is -1.10. The van der Waals surface area contributed by atoms with Crippen molar-refractivity contribution in [3.8, 4) is 11.3 Å². The van der Waals surface area contributed by atoms with Crippen molar-refractivity contribution < 1.29 is 14.0 Å². The zero-order chi connectivity index (χ0) is 21.1. The lowest BCUT2D eigenvalue weighted by molar-refractivity contribution is -0.710. The van der Waals surface area contributed by atoms with E-state index in [0.29, 0.717) is 11.8 Å². The minimum Gasteiger partial charge on any atom is -0.378 e. The number of anilines is 1. The first-order valence-corrected chi connectivity index (χ1v) is 14.6. The van der Waals surface area contributed by atoms with Gasteiger partial charge in [0.2, 0.25) is 0 Å². The molecule has 1 N–H and O–H groups in total. The Bertz CT molecular complexity index is 995. The van der Waals surface area contributed by atoms with Crippen molar-refractivity contribution in [3.63, 3.8) is 0 Å². The Labute approximate surface area is 183 Å². The van der Waals surface area contributed by atoms with Crippen LogP contribution in [0, 0.1) is 0 Å². The van der Waals surface area contributed by atoms with Crippen LogP contribution in [0.5, 0.6) is 0 Å². The summed E-state index contributed by atoms with van der Waals surface area (Å²) < 4.78 is 13.4. The second-order valence-electron chi connectivity index (χ2n) is 8.93. The van der Waals surface area contributed by atoms with Gasteiger partial charge in [-0.25, -0.2) is 4.57 Å². The number of aromatic amines is 1. The van der Waals surface area contributed by atoms with Gasteiger partial charge in [-0.1, -0.05) is 36.2 Å². The van der Waals surface area contributed by atoms with Crippen molar-refractivity contribution in [2.45, 2.75) is 32.4 Å². The fraction of sp³-hybridized carbons (Fsp3) is 0.455. The Morgan fingerprint density at radius 3 is 2.63 bits per heavy atom. The summed E-state index contributed by atoms with van der Waals surface area (Å²) in [6.45, 7) is 11.7. The Hall–Kier alpha value is -1.93. The van der Waals surface area contributed by atoms with Gasteiger partial charge in [0, 0.05) is 45.1 Å². The SMILES string of the molecule is C[Si](C)(C)CCOC[n+]1c[nH]c2cc(Cl)c(-c3ccc(N4CCOCC4)cc3)nc21. The first-order chi connectivity index (χ1) is 14.4. The van der Waals surface area contributed by atoms with E-state index in [1.807, 2.05) is 17.0 Å². The predicted octanol–water partition coefficient (Wildman–Crippen LogP) is 4.32. The van der Waals surface area contributed by atoms with Gasteiger partial charge in [-0.2, -0.15) is 0 Å². The van der Waals surface area contributed by atoms with Gasteiger partial charge in [-0.15, -0.1) is 0 Å². The fourth-order valence-electron chi connectivity index (χ4n) is 3.51. The van der Waals surface area contributed by atoms with Crippen molar-refractivity contribution in [3.05, 3.63) is 41.7 Å². The number of ether oxygens (including phenoxy) is 2. The van der Waals surface area contributed by atoms with E-state index in [9.17, 15) is 0 Å². The third kappa shape index (κ3) is 5.03. The molecule has 6 nitrogen and oxygen atoms in total. The van der Waals surface area contributed by atoms with Gasteiger partial charge in [0.1, 0.15) is 0 Å². The largest absolute Gasteiger partial charge is 0.378 e. The van der Waals surface area contributed by atoms with Gasteiger partial charge in [-0.05, 0) is 30.3 Å². The molecule has 1 aliphatic heterocycles. The molecule has 30 heavy (non-hydrogen) atoms. The van der Waals surface area contributed by atoms with Crippen LogP contribution in [0.25, 0.3) is 22.4 Å². The smallest absolute Gasteiger partial charge is 0.304 e. The molecule has 2 aromatic heterocycles. The Kier molecular flexibility index (Phi) is 6.43. The quantitative estimate of drug-likeness (QED) is 0.334. The summed E-state index contributed by atoms with van der Waals surface area (Å²) in [7, 11) is -1.10. The molecule has 0 unspecified atom stereocenters. The van der Waals surface area contributed by atoms with E-state index < -0.39 is 8.07 Å². The van der Waals surface area contributed by atoms with Crippen molar-refractivity contribution in [1.82, 2.24) is 9.97 Å². The second kappa shape index (κ2) is 9.06. The number of H-pyrrole nitrogens is 1. The third-order valence-corrected chi connectivity index (χ3v) is 7.34. The summed E-state index contributed by atoms with van der Waals surface area (Å²) in [5.74, 6) is 0. The van der Waals surface area contributed by atoms with E-state index in [2.05, 4.69) is 53.8 Å². The Morgan fingerprint density at radius 1 is 1.20 bits per heavy atom. The van der Waals surface area contributed by atoms with Crippen molar-refractivity contribution in [2.24, 2.45) is 0 Å². The Balaban J connectivity index is 1.53. The van der Waals surface area contributed by atoms with E-state index in [1.54, 1.807) is 0 Å². The molecule has 3 heterocycles. The monoisotopic (exact) mass is 445 g/mol. The molecule has 0 spiro atoms. The number of hydrogen-bond acceptors (Lipinski definition) is 4. The van der Waals surface area contributed by atoms with E-state index >= 15 is 0 Å². The van der Waals surface area contributed by atoms with E-state index in [0.717, 1.165) is 61.4 Å². The number of imidazole rings is 1. The zero-order valence-corrected chi connectivity index (χ0v) is 19.7. The molecule has 0 saturated carbocycles. The first kappa shape index (κ1) is 21.3. The number of pyridine rings is 1. The topological polar surface area (TPSA) is 54.3 Å². The third-order valence-electron chi connectivity index (χ3n) is 5.35. The maximum absolute atomic E-state index is 6.57. The number of halogens is 1. The summed E-state index contributed by atoms with van der Waals surface area (Å²) in [6, 6.07) is 11.5. The number of fused-ring (bicyclic) bond motifs is 1. The highest BCUT2D eigenvalue weighted by molar-refractivity contribution is 6.76. The molecular formula is C22H30ClN4O2Si+. The second-order valence-corrected chi connectivity index (χ2v) is 15.0. The Morgan fingerprint density at radius 2 is 1.93 bits per heavy atom. The molecule has 3 aromatic rings. The normalized spacial score (nSPS) is 15.1. The van der Waals surface area contributed by atoms with Crippen LogP contribution in [0.2, 0.25) is 30.7 Å². The summed E-state index contributed by atoms with van der Waals surface area (Å²) in [6.07, 6.45) is 1.90. The molecule has 1 fully saturated rings. The molecule has 0 amide bonds. The molecule has 4 rings (SSSR count). The van der Waals surface area contributed by atoms with Crippen LogP contribution >= 0.6 is 11.6 Å². The summed E-state index contributed by atoms with van der Waals surface area (Å²) >= 11 is 6.57. The standard InChI is InChI=1S/C22H29ClN4O2Si/c1-30(2,3)13-12-29-16-27-15-24-20-14-19(23)21(25-22(20)27)17-4-6-18(7-5-17)26-8-10-28-11-9-26/h4-7,14-15H,8-13,16H2,1-3H3/p+1. The van der Waals surface area contributed by atoms with Gasteiger partial charge >= 0.3 is 5.65 Å². The van der Waals surface area contributed by atoms with E-state index in [4.69, 9.17) is 26.1 Å². The van der Waals surface area contributed by atoms with Gasteiger partial charge in [0.15, 0.2) is 24.3 Å². The predicted molar refractivity (Wildman–Crippen MR) is 124 cm³/mol. The molecule has 0 radical (unpaired) electrons. The highest BCUT2D eigenvalue weighted by Crippen LogP contribution is 2.29. The number of rotatable bonds is 7. The minimum absolute atomic E-state index is 0.481. The molecule has 0 aliphatic carbocycles. The molecule has 1 saturated heterocycles. The van der Waals surface area contributed by atoms with Crippen LogP contribution in [-0.4, -0.2) is 51.0 Å². The lowest BCUT2D eigenvalue weighted by Crippen LogP contribution is -2.36. The molecule has 1 aromatic carbocycles. The maximum Gasteiger partial charge on any atom is 0.304 e. The molecule has 1 aliphatic rings. The van der Waals surface area contributed by atoms with Crippen LogP contribution < -0.4 is 9.47 Å². The highest BCUT2D eigenvalue weighted by atomic mass is 35.5. The van der Waals surface area contributed by atoms with Gasteiger partial charge in [0.25, 0.3) is 0 Å². The summed E-state index contributed by atoms with van der Waals surface area (Å²) in [4.78, 5) is 10.4. The zero-order valence-electron chi connectivity index (χ0n) is 17.9. The van der Waals surface area contributed by atoms with Crippen molar-refractivity contribution in [1.29, 1.82) is 0 Å². The number of nitrogens with zero attached hydrogens (tertiary/aromatic N) is 3. The van der Waals surface area contributed by atoms with Crippen LogP contribution in [0.4, 0.5) is 5.69 Å². The molecular weight excluding hydrogens is 416 g/mol. The molecule has 0 bridgehead atoms. The number of hydrogen-bond donors (Lipinski definition) is 1. The first-order valence-electron chi connectivity index (χ1n) is 10.5. The number of morpholine rings is 1. The summed E-state index contributed by atoms with van der Waals surface area (Å²) in [5, 5.41) is 0.635. The summed E-state index contributed by atoms with van der Waals surface area (Å²) in [5.41, 5.74) is 4.74. The van der Waals surface area contributed by atoms with Crippen molar-refractivity contribution >= 4 is 36.5 Å². The van der Waals surface area contributed by atoms with Gasteiger partial charge < -0.3 is 14.4 Å². The fourth-order valence-corrected chi connectivity index (χ4v) is 4.52. The van der Waals surface area contributed by atoms with Gasteiger partial charge in [0.05, 0.1) is 18.2 Å². The van der Waals surface area contributed by atoms with E-state index in [-0.39, 0.29) is 0 Å². The average molecular weight is 446 g/mol.